The average molecular weight is 360 g/mol. The molecule has 0 bridgehead atoms. The highest BCUT2D eigenvalue weighted by Crippen LogP contribution is 2.17. The van der Waals surface area contributed by atoms with E-state index in [1.807, 2.05) is 6.92 Å². The maximum absolute atomic E-state index is 13.5. The summed E-state index contributed by atoms with van der Waals surface area (Å²) in [4.78, 5) is 3.81. The fraction of sp³-hybridized carbons (Fsp3) is 0.154. The third-order valence-corrected chi connectivity index (χ3v) is 4.26. The number of hydrogen-bond acceptors (Lipinski definition) is 4. The van der Waals surface area contributed by atoms with Gasteiger partial charge < -0.3 is 0 Å². The Balaban J connectivity index is 2.15. The van der Waals surface area contributed by atoms with Crippen LogP contribution >= 0.6 is 15.9 Å². The molecule has 2 aromatic rings. The van der Waals surface area contributed by atoms with Crippen LogP contribution in [0.15, 0.2) is 45.9 Å². The van der Waals surface area contributed by atoms with Crippen LogP contribution in [0.25, 0.3) is 0 Å². The maximum atomic E-state index is 13.5. The summed E-state index contributed by atoms with van der Waals surface area (Å²) in [6, 6.07) is 7.40. The van der Waals surface area contributed by atoms with Crippen LogP contribution < -0.4 is 0 Å². The molecule has 0 atom stereocenters. The predicted molar refractivity (Wildman–Crippen MR) is 75.0 cm³/mol. The molecule has 0 aliphatic heterocycles. The molecule has 4 nitrogen and oxygen atoms in total. The van der Waals surface area contributed by atoms with Crippen molar-refractivity contribution in [2.45, 2.75) is 18.4 Å². The SMILES string of the molecule is Cc1ccc(S(=O)(=O)OCc2ncc(Br)cc2F)cc1. The van der Waals surface area contributed by atoms with Gasteiger partial charge in [0.15, 0.2) is 0 Å². The van der Waals surface area contributed by atoms with E-state index in [1.165, 1.54) is 24.4 Å². The Morgan fingerprint density at radius 3 is 2.55 bits per heavy atom. The molecule has 0 radical (unpaired) electrons. The fourth-order valence-electron chi connectivity index (χ4n) is 1.46. The van der Waals surface area contributed by atoms with E-state index in [1.54, 1.807) is 12.1 Å². The van der Waals surface area contributed by atoms with Crippen molar-refractivity contribution in [1.29, 1.82) is 0 Å². The summed E-state index contributed by atoms with van der Waals surface area (Å²) in [5.74, 6) is -0.626. The Hall–Kier alpha value is -1.31. The summed E-state index contributed by atoms with van der Waals surface area (Å²) in [5, 5.41) is 0. The van der Waals surface area contributed by atoms with Gasteiger partial charge in [0.2, 0.25) is 0 Å². The Morgan fingerprint density at radius 1 is 1.30 bits per heavy atom. The highest BCUT2D eigenvalue weighted by Gasteiger charge is 2.16. The summed E-state index contributed by atoms with van der Waals surface area (Å²) >= 11 is 3.07. The van der Waals surface area contributed by atoms with Crippen LogP contribution in [0, 0.1) is 12.7 Å². The van der Waals surface area contributed by atoms with Crippen LogP contribution in [-0.2, 0) is 20.9 Å². The molecule has 0 saturated carbocycles. The van der Waals surface area contributed by atoms with Crippen LogP contribution in [0.1, 0.15) is 11.3 Å². The van der Waals surface area contributed by atoms with Crippen LogP contribution in [0.2, 0.25) is 0 Å². The molecule has 0 aliphatic carbocycles. The first-order valence-corrected chi connectivity index (χ1v) is 7.84. The number of benzene rings is 1. The largest absolute Gasteiger partial charge is 0.297 e. The van der Waals surface area contributed by atoms with Crippen molar-refractivity contribution >= 4 is 26.0 Å². The molecule has 1 heterocycles. The number of nitrogens with zero attached hydrogens (tertiary/aromatic N) is 1. The van der Waals surface area contributed by atoms with Crippen LogP contribution in [0.5, 0.6) is 0 Å². The van der Waals surface area contributed by atoms with E-state index in [0.29, 0.717) is 4.47 Å². The molecule has 0 spiro atoms. The monoisotopic (exact) mass is 359 g/mol. The summed E-state index contributed by atoms with van der Waals surface area (Å²) in [6.07, 6.45) is 1.38. The first-order valence-electron chi connectivity index (χ1n) is 5.64. The second-order valence-corrected chi connectivity index (χ2v) is 6.64. The summed E-state index contributed by atoms with van der Waals surface area (Å²) in [7, 11) is -3.92. The third kappa shape index (κ3) is 3.62. The molecular weight excluding hydrogens is 349 g/mol. The first kappa shape index (κ1) is 15.1. The van der Waals surface area contributed by atoms with Gasteiger partial charge in [-0.25, -0.2) is 4.39 Å². The lowest BCUT2D eigenvalue weighted by Crippen LogP contribution is -2.08. The molecule has 7 heteroatoms. The molecule has 0 fully saturated rings. The highest BCUT2D eigenvalue weighted by molar-refractivity contribution is 9.10. The number of halogens is 2. The molecule has 0 aliphatic rings. The predicted octanol–water partition coefficient (Wildman–Crippen LogP) is 3.20. The van der Waals surface area contributed by atoms with E-state index >= 15 is 0 Å². The second-order valence-electron chi connectivity index (χ2n) is 4.11. The molecule has 1 aromatic heterocycles. The fourth-order valence-corrected chi connectivity index (χ4v) is 2.63. The van der Waals surface area contributed by atoms with Gasteiger partial charge in [-0.1, -0.05) is 17.7 Å². The van der Waals surface area contributed by atoms with Crippen molar-refractivity contribution in [1.82, 2.24) is 4.98 Å². The van der Waals surface area contributed by atoms with E-state index in [-0.39, 0.29) is 10.6 Å². The Morgan fingerprint density at radius 2 is 1.95 bits per heavy atom. The van der Waals surface area contributed by atoms with Crippen molar-refractivity contribution in [2.24, 2.45) is 0 Å². The van der Waals surface area contributed by atoms with Crippen LogP contribution in [0.4, 0.5) is 4.39 Å². The Labute approximate surface area is 124 Å². The van der Waals surface area contributed by atoms with E-state index in [4.69, 9.17) is 4.18 Å². The van der Waals surface area contributed by atoms with E-state index in [2.05, 4.69) is 20.9 Å². The maximum Gasteiger partial charge on any atom is 0.297 e. The van der Waals surface area contributed by atoms with Gasteiger partial charge in [0.05, 0.1) is 4.90 Å². The quantitative estimate of drug-likeness (QED) is 0.786. The molecular formula is C13H11BrFNO3S. The molecule has 0 saturated heterocycles. The summed E-state index contributed by atoms with van der Waals surface area (Å²) < 4.78 is 42.6. The first-order chi connectivity index (χ1) is 9.38. The van der Waals surface area contributed by atoms with Gasteiger partial charge in [0.25, 0.3) is 10.1 Å². The lowest BCUT2D eigenvalue weighted by Gasteiger charge is -2.06. The van der Waals surface area contributed by atoms with Crippen LogP contribution in [-0.4, -0.2) is 13.4 Å². The lowest BCUT2D eigenvalue weighted by molar-refractivity contribution is 0.297. The molecule has 0 unspecified atom stereocenters. The van der Waals surface area contributed by atoms with Crippen molar-refractivity contribution in [3.05, 3.63) is 58.1 Å². The van der Waals surface area contributed by atoms with E-state index in [0.717, 1.165) is 5.56 Å². The zero-order chi connectivity index (χ0) is 14.8. The average Bonchev–Trinajstić information content (AvgIpc) is 2.38. The van der Waals surface area contributed by atoms with Crippen LogP contribution in [0.3, 0.4) is 0 Å². The van der Waals surface area contributed by atoms with Gasteiger partial charge in [-0.3, -0.25) is 9.17 Å². The zero-order valence-electron chi connectivity index (χ0n) is 10.5. The number of aromatic nitrogens is 1. The topological polar surface area (TPSA) is 56.3 Å². The second kappa shape index (κ2) is 5.99. The molecule has 20 heavy (non-hydrogen) atoms. The molecule has 0 amide bonds. The number of hydrogen-bond donors (Lipinski definition) is 0. The van der Waals surface area contributed by atoms with Gasteiger partial charge >= 0.3 is 0 Å². The Kier molecular flexibility index (Phi) is 4.52. The minimum atomic E-state index is -3.92. The minimum Gasteiger partial charge on any atom is -0.260 e. The van der Waals surface area contributed by atoms with Crippen molar-refractivity contribution in [3.8, 4) is 0 Å². The zero-order valence-corrected chi connectivity index (χ0v) is 12.9. The number of rotatable bonds is 4. The summed E-state index contributed by atoms with van der Waals surface area (Å²) in [5.41, 5.74) is 0.869. The van der Waals surface area contributed by atoms with Gasteiger partial charge in [0.1, 0.15) is 18.1 Å². The Bertz CT molecular complexity index is 717. The third-order valence-electron chi connectivity index (χ3n) is 2.54. The standard InChI is InChI=1S/C13H11BrFNO3S/c1-9-2-4-11(5-3-9)20(17,18)19-8-13-12(15)6-10(14)7-16-13/h2-7H,8H2,1H3. The van der Waals surface area contributed by atoms with E-state index in [9.17, 15) is 12.8 Å². The molecule has 2 rings (SSSR count). The van der Waals surface area contributed by atoms with Crippen molar-refractivity contribution in [2.75, 3.05) is 0 Å². The molecule has 0 N–H and O–H groups in total. The summed E-state index contributed by atoms with van der Waals surface area (Å²) in [6.45, 7) is 1.40. The smallest absolute Gasteiger partial charge is 0.260 e. The molecule has 1 aromatic carbocycles. The molecule has 106 valence electrons. The number of pyridine rings is 1. The van der Waals surface area contributed by atoms with Gasteiger partial charge in [-0.2, -0.15) is 8.42 Å². The minimum absolute atomic E-state index is 0.0284. The van der Waals surface area contributed by atoms with Crippen molar-refractivity contribution < 1.29 is 17.0 Å². The highest BCUT2D eigenvalue weighted by atomic mass is 79.9. The van der Waals surface area contributed by atoms with Gasteiger partial charge in [-0.05, 0) is 41.1 Å². The normalized spacial score (nSPS) is 11.6. The van der Waals surface area contributed by atoms with Gasteiger partial charge in [-0.15, -0.1) is 0 Å². The van der Waals surface area contributed by atoms with Crippen molar-refractivity contribution in [3.63, 3.8) is 0 Å². The van der Waals surface area contributed by atoms with E-state index < -0.39 is 22.5 Å². The lowest BCUT2D eigenvalue weighted by atomic mass is 10.2. The number of aryl methyl sites for hydroxylation is 1. The van der Waals surface area contributed by atoms with Gasteiger partial charge in [0, 0.05) is 10.7 Å².